The van der Waals surface area contributed by atoms with Crippen molar-refractivity contribution in [2.75, 3.05) is 20.3 Å². The monoisotopic (exact) mass is 288 g/mol. The topological polar surface area (TPSA) is 60.3 Å². The number of pyridine rings is 1. The summed E-state index contributed by atoms with van der Waals surface area (Å²) in [5.41, 5.74) is 1.78. The van der Waals surface area contributed by atoms with Crippen molar-refractivity contribution in [3.63, 3.8) is 0 Å². The van der Waals surface area contributed by atoms with Crippen LogP contribution in [0.2, 0.25) is 0 Å². The molecular formula is C16H20N2O3. The molecule has 0 aliphatic rings. The third-order valence-electron chi connectivity index (χ3n) is 3.29. The van der Waals surface area contributed by atoms with Gasteiger partial charge in [0.1, 0.15) is 6.54 Å². The number of nitrogens with zero attached hydrogens (tertiary/aromatic N) is 1. The quantitative estimate of drug-likeness (QED) is 0.819. The SMILES string of the molecule is COCCCNC(=O)Cn1ccc(=O)c2cc(C)ccc21. The van der Waals surface area contributed by atoms with Crippen LogP contribution in [0.5, 0.6) is 0 Å². The Morgan fingerprint density at radius 1 is 1.33 bits per heavy atom. The standard InChI is InChI=1S/C16H20N2O3/c1-12-4-5-14-13(10-12)15(19)6-8-18(14)11-16(20)17-7-3-9-21-2/h4-6,8,10H,3,7,9,11H2,1-2H3,(H,17,20). The average Bonchev–Trinajstić information content (AvgIpc) is 2.47. The van der Waals surface area contributed by atoms with E-state index < -0.39 is 0 Å². The smallest absolute Gasteiger partial charge is 0.239 e. The number of hydrogen-bond acceptors (Lipinski definition) is 3. The molecule has 0 saturated carbocycles. The largest absolute Gasteiger partial charge is 0.385 e. The highest BCUT2D eigenvalue weighted by Gasteiger charge is 2.06. The molecule has 1 amide bonds. The van der Waals surface area contributed by atoms with Crippen molar-refractivity contribution in [2.45, 2.75) is 19.9 Å². The fourth-order valence-electron chi connectivity index (χ4n) is 2.22. The highest BCUT2D eigenvalue weighted by Crippen LogP contribution is 2.12. The summed E-state index contributed by atoms with van der Waals surface area (Å²) in [6.07, 6.45) is 2.45. The van der Waals surface area contributed by atoms with Crippen LogP contribution in [0.1, 0.15) is 12.0 Å². The average molecular weight is 288 g/mol. The zero-order valence-corrected chi connectivity index (χ0v) is 12.4. The van der Waals surface area contributed by atoms with E-state index in [4.69, 9.17) is 4.74 Å². The van der Waals surface area contributed by atoms with Crippen LogP contribution in [0, 0.1) is 6.92 Å². The van der Waals surface area contributed by atoms with Gasteiger partial charge in [-0.05, 0) is 25.5 Å². The molecule has 1 aromatic carbocycles. The lowest BCUT2D eigenvalue weighted by Crippen LogP contribution is -2.29. The van der Waals surface area contributed by atoms with Crippen molar-refractivity contribution >= 4 is 16.8 Å². The molecule has 0 fully saturated rings. The summed E-state index contributed by atoms with van der Waals surface area (Å²) in [6, 6.07) is 7.17. The Morgan fingerprint density at radius 2 is 2.14 bits per heavy atom. The number of benzene rings is 1. The third-order valence-corrected chi connectivity index (χ3v) is 3.29. The van der Waals surface area contributed by atoms with Gasteiger partial charge in [-0.1, -0.05) is 11.6 Å². The van der Waals surface area contributed by atoms with Gasteiger partial charge in [-0.2, -0.15) is 0 Å². The normalized spacial score (nSPS) is 10.8. The van der Waals surface area contributed by atoms with E-state index in [2.05, 4.69) is 5.32 Å². The predicted molar refractivity (Wildman–Crippen MR) is 82.4 cm³/mol. The summed E-state index contributed by atoms with van der Waals surface area (Å²) in [7, 11) is 1.64. The number of ether oxygens (including phenoxy) is 1. The summed E-state index contributed by atoms with van der Waals surface area (Å²) in [6.45, 7) is 3.36. The predicted octanol–water partition coefficient (Wildman–Crippen LogP) is 1.46. The van der Waals surface area contributed by atoms with E-state index in [1.165, 1.54) is 6.07 Å². The van der Waals surface area contributed by atoms with Gasteiger partial charge in [0, 0.05) is 37.9 Å². The number of carbonyl (C=O) groups excluding carboxylic acids is 1. The Hall–Kier alpha value is -2.14. The first kappa shape index (κ1) is 15.3. The van der Waals surface area contributed by atoms with Crippen LogP contribution in [0.4, 0.5) is 0 Å². The number of aromatic nitrogens is 1. The number of hydrogen-bond donors (Lipinski definition) is 1. The lowest BCUT2D eigenvalue weighted by Gasteiger charge is -2.11. The Bertz CT molecular complexity index is 691. The maximum absolute atomic E-state index is 11.9. The van der Waals surface area contributed by atoms with Gasteiger partial charge in [0.15, 0.2) is 5.43 Å². The van der Waals surface area contributed by atoms with Crippen molar-refractivity contribution in [1.29, 1.82) is 0 Å². The maximum atomic E-state index is 11.9. The lowest BCUT2D eigenvalue weighted by molar-refractivity contribution is -0.121. The molecule has 0 aliphatic heterocycles. The number of fused-ring (bicyclic) bond motifs is 1. The number of rotatable bonds is 6. The minimum atomic E-state index is -0.0726. The molecule has 0 radical (unpaired) electrons. The summed E-state index contributed by atoms with van der Waals surface area (Å²) in [5.74, 6) is -0.0726. The summed E-state index contributed by atoms with van der Waals surface area (Å²) in [4.78, 5) is 23.8. The Morgan fingerprint density at radius 3 is 2.90 bits per heavy atom. The highest BCUT2D eigenvalue weighted by molar-refractivity contribution is 5.82. The van der Waals surface area contributed by atoms with Crippen LogP contribution >= 0.6 is 0 Å². The molecule has 2 aromatic rings. The maximum Gasteiger partial charge on any atom is 0.239 e. The molecule has 0 aliphatic carbocycles. The second-order valence-electron chi connectivity index (χ2n) is 5.02. The van der Waals surface area contributed by atoms with Gasteiger partial charge in [-0.3, -0.25) is 9.59 Å². The molecule has 0 saturated heterocycles. The molecule has 5 heteroatoms. The number of carbonyl (C=O) groups is 1. The van der Waals surface area contributed by atoms with Gasteiger partial charge in [0.2, 0.25) is 5.91 Å². The van der Waals surface area contributed by atoms with Crippen LogP contribution in [0.25, 0.3) is 10.9 Å². The van der Waals surface area contributed by atoms with Crippen molar-refractivity contribution in [1.82, 2.24) is 9.88 Å². The fraction of sp³-hybridized carbons (Fsp3) is 0.375. The Labute approximate surface area is 123 Å². The molecule has 112 valence electrons. The van der Waals surface area contributed by atoms with Crippen LogP contribution < -0.4 is 10.7 Å². The van der Waals surface area contributed by atoms with Crippen molar-refractivity contribution in [3.05, 3.63) is 46.2 Å². The first-order valence-electron chi connectivity index (χ1n) is 6.97. The fourth-order valence-corrected chi connectivity index (χ4v) is 2.22. The van der Waals surface area contributed by atoms with Crippen LogP contribution in [0.15, 0.2) is 35.3 Å². The number of aryl methyl sites for hydroxylation is 1. The molecule has 0 atom stereocenters. The Balaban J connectivity index is 2.14. The molecule has 1 heterocycles. The van der Waals surface area contributed by atoms with Crippen molar-refractivity contribution in [3.8, 4) is 0 Å². The number of amides is 1. The molecular weight excluding hydrogens is 268 g/mol. The second kappa shape index (κ2) is 7.04. The number of methoxy groups -OCH3 is 1. The Kier molecular flexibility index (Phi) is 5.11. The molecule has 1 aromatic heterocycles. The van der Waals surface area contributed by atoms with E-state index in [0.29, 0.717) is 18.5 Å². The van der Waals surface area contributed by atoms with E-state index in [0.717, 1.165) is 17.5 Å². The van der Waals surface area contributed by atoms with Crippen molar-refractivity contribution in [2.24, 2.45) is 0 Å². The second-order valence-corrected chi connectivity index (χ2v) is 5.02. The van der Waals surface area contributed by atoms with Gasteiger partial charge >= 0.3 is 0 Å². The molecule has 5 nitrogen and oxygen atoms in total. The van der Waals surface area contributed by atoms with Gasteiger partial charge in [-0.15, -0.1) is 0 Å². The van der Waals surface area contributed by atoms with E-state index in [9.17, 15) is 9.59 Å². The minimum Gasteiger partial charge on any atom is -0.385 e. The highest BCUT2D eigenvalue weighted by atomic mass is 16.5. The minimum absolute atomic E-state index is 0.0227. The van der Waals surface area contributed by atoms with Gasteiger partial charge < -0.3 is 14.6 Å². The molecule has 0 bridgehead atoms. The first-order valence-corrected chi connectivity index (χ1v) is 6.97. The summed E-state index contributed by atoms with van der Waals surface area (Å²) >= 11 is 0. The van der Waals surface area contributed by atoms with Crippen LogP contribution in [-0.2, 0) is 16.1 Å². The van der Waals surface area contributed by atoms with Crippen molar-refractivity contribution < 1.29 is 9.53 Å². The van der Waals surface area contributed by atoms with Crippen LogP contribution in [-0.4, -0.2) is 30.7 Å². The van der Waals surface area contributed by atoms with E-state index in [1.54, 1.807) is 17.9 Å². The third kappa shape index (κ3) is 3.92. The van der Waals surface area contributed by atoms with E-state index in [1.807, 2.05) is 25.1 Å². The van der Waals surface area contributed by atoms with Gasteiger partial charge in [-0.25, -0.2) is 0 Å². The van der Waals surface area contributed by atoms with Gasteiger partial charge in [0.25, 0.3) is 0 Å². The number of nitrogens with one attached hydrogen (secondary N) is 1. The lowest BCUT2D eigenvalue weighted by atomic mass is 10.1. The first-order chi connectivity index (χ1) is 10.1. The molecule has 0 spiro atoms. The zero-order chi connectivity index (χ0) is 15.2. The van der Waals surface area contributed by atoms with Gasteiger partial charge in [0.05, 0.1) is 5.52 Å². The van der Waals surface area contributed by atoms with E-state index >= 15 is 0 Å². The zero-order valence-electron chi connectivity index (χ0n) is 12.4. The van der Waals surface area contributed by atoms with E-state index in [-0.39, 0.29) is 17.9 Å². The van der Waals surface area contributed by atoms with Crippen LogP contribution in [0.3, 0.4) is 0 Å². The molecule has 21 heavy (non-hydrogen) atoms. The molecule has 2 rings (SSSR count). The molecule has 1 N–H and O–H groups in total. The summed E-state index contributed by atoms with van der Waals surface area (Å²) in [5, 5.41) is 3.48. The molecule has 0 unspecified atom stereocenters. The summed E-state index contributed by atoms with van der Waals surface area (Å²) < 4.78 is 6.73.